The van der Waals surface area contributed by atoms with Gasteiger partial charge in [-0.2, -0.15) is 0 Å². The van der Waals surface area contributed by atoms with Crippen LogP contribution in [0, 0.1) is 0 Å². The largest absolute Gasteiger partial charge is 0.434 e. The number of benzene rings is 1. The van der Waals surface area contributed by atoms with E-state index in [0.29, 0.717) is 28.1 Å². The van der Waals surface area contributed by atoms with Crippen LogP contribution in [0.2, 0.25) is 10.0 Å². The van der Waals surface area contributed by atoms with Crippen molar-refractivity contribution in [2.75, 3.05) is 11.9 Å². The average molecular weight is 352 g/mol. The maximum absolute atomic E-state index is 10.9. The molecule has 0 atom stereocenters. The summed E-state index contributed by atoms with van der Waals surface area (Å²) >= 11 is 11.9. The van der Waals surface area contributed by atoms with Crippen molar-refractivity contribution in [3.8, 4) is 11.5 Å². The number of anilines is 1. The quantitative estimate of drug-likeness (QED) is 0.733. The minimum Gasteiger partial charge on any atom is -0.388 e. The van der Waals surface area contributed by atoms with E-state index in [0.717, 1.165) is 12.0 Å². The number of hydrogen-bond donors (Lipinski definition) is 2. The summed E-state index contributed by atoms with van der Waals surface area (Å²) in [6.07, 6.45) is 3.76. The number of rotatable bonds is 5. The molecule has 9 heteroatoms. The van der Waals surface area contributed by atoms with E-state index < -0.39 is 5.76 Å². The van der Waals surface area contributed by atoms with Crippen molar-refractivity contribution in [3.63, 3.8) is 0 Å². The predicted molar refractivity (Wildman–Crippen MR) is 86.8 cm³/mol. The molecule has 0 aliphatic rings. The van der Waals surface area contributed by atoms with Crippen LogP contribution in [0.3, 0.4) is 0 Å². The van der Waals surface area contributed by atoms with Gasteiger partial charge in [-0.15, -0.1) is 5.10 Å². The smallest absolute Gasteiger partial charge is 0.388 e. The molecule has 23 heavy (non-hydrogen) atoms. The molecular formula is C14H11Cl2N5O2. The third-order valence-corrected chi connectivity index (χ3v) is 3.39. The van der Waals surface area contributed by atoms with Gasteiger partial charge in [0.1, 0.15) is 0 Å². The second-order valence-corrected chi connectivity index (χ2v) is 5.54. The zero-order valence-corrected chi connectivity index (χ0v) is 13.2. The standard InChI is InChI=1S/C14H11Cl2N5O2/c15-10-3-8(4-11(16)5-10)1-2-17-13-18-6-9(7-19-13)12-20-21-14(22)23-12/h3-7H,1-2H2,(H,21,22)(H,17,18,19). The zero-order chi connectivity index (χ0) is 16.2. The van der Waals surface area contributed by atoms with Crippen LogP contribution in [-0.4, -0.2) is 26.7 Å². The van der Waals surface area contributed by atoms with E-state index in [9.17, 15) is 4.79 Å². The highest BCUT2D eigenvalue weighted by atomic mass is 35.5. The Morgan fingerprint density at radius 3 is 2.43 bits per heavy atom. The predicted octanol–water partition coefficient (Wildman–Crippen LogP) is 2.78. The molecular weight excluding hydrogens is 341 g/mol. The summed E-state index contributed by atoms with van der Waals surface area (Å²) in [5, 5.41) is 10.2. The number of nitrogens with zero attached hydrogens (tertiary/aromatic N) is 3. The minimum atomic E-state index is -0.623. The van der Waals surface area contributed by atoms with E-state index >= 15 is 0 Å². The second kappa shape index (κ2) is 6.80. The van der Waals surface area contributed by atoms with Gasteiger partial charge in [-0.3, -0.25) is 0 Å². The monoisotopic (exact) mass is 351 g/mol. The molecule has 0 fully saturated rings. The van der Waals surface area contributed by atoms with Gasteiger partial charge in [0, 0.05) is 29.0 Å². The molecule has 7 nitrogen and oxygen atoms in total. The Bertz CT molecular complexity index is 840. The van der Waals surface area contributed by atoms with Gasteiger partial charge in [0.15, 0.2) is 0 Å². The van der Waals surface area contributed by atoms with Gasteiger partial charge in [-0.1, -0.05) is 23.2 Å². The highest BCUT2D eigenvalue weighted by molar-refractivity contribution is 6.34. The average Bonchev–Trinajstić information content (AvgIpc) is 2.93. The Morgan fingerprint density at radius 2 is 1.83 bits per heavy atom. The lowest BCUT2D eigenvalue weighted by Crippen LogP contribution is -2.07. The highest BCUT2D eigenvalue weighted by Crippen LogP contribution is 2.19. The number of hydrogen-bond acceptors (Lipinski definition) is 6. The fraction of sp³-hybridized carbons (Fsp3) is 0.143. The molecule has 1 aromatic carbocycles. The van der Waals surface area contributed by atoms with Gasteiger partial charge >= 0.3 is 5.76 Å². The number of halogens is 2. The summed E-state index contributed by atoms with van der Waals surface area (Å²) in [4.78, 5) is 19.2. The molecule has 0 bridgehead atoms. The Labute approximate surface area is 140 Å². The lowest BCUT2D eigenvalue weighted by atomic mass is 10.1. The van der Waals surface area contributed by atoms with Crippen molar-refractivity contribution in [2.45, 2.75) is 6.42 Å². The Morgan fingerprint density at radius 1 is 1.13 bits per heavy atom. The van der Waals surface area contributed by atoms with Gasteiger partial charge in [0.05, 0.1) is 5.56 Å². The van der Waals surface area contributed by atoms with Crippen molar-refractivity contribution >= 4 is 29.2 Å². The first-order valence-electron chi connectivity index (χ1n) is 6.67. The van der Waals surface area contributed by atoms with Gasteiger partial charge in [-0.25, -0.2) is 19.9 Å². The third kappa shape index (κ3) is 4.08. The molecule has 2 N–H and O–H groups in total. The summed E-state index contributed by atoms with van der Waals surface area (Å²) < 4.78 is 4.82. The zero-order valence-electron chi connectivity index (χ0n) is 11.7. The lowest BCUT2D eigenvalue weighted by molar-refractivity contribution is 0.526. The molecule has 2 heterocycles. The molecule has 0 saturated carbocycles. The van der Waals surface area contributed by atoms with Crippen LogP contribution in [0.4, 0.5) is 5.95 Å². The van der Waals surface area contributed by atoms with Crippen LogP contribution in [0.25, 0.3) is 11.5 Å². The van der Waals surface area contributed by atoms with Crippen LogP contribution in [-0.2, 0) is 6.42 Å². The first-order valence-corrected chi connectivity index (χ1v) is 7.42. The molecule has 118 valence electrons. The molecule has 0 amide bonds. The highest BCUT2D eigenvalue weighted by Gasteiger charge is 2.06. The number of H-pyrrole nitrogens is 1. The van der Waals surface area contributed by atoms with Gasteiger partial charge in [-0.05, 0) is 30.2 Å². The van der Waals surface area contributed by atoms with Crippen molar-refractivity contribution in [1.82, 2.24) is 20.2 Å². The second-order valence-electron chi connectivity index (χ2n) is 4.67. The minimum absolute atomic E-state index is 0.148. The first kappa shape index (κ1) is 15.5. The molecule has 0 aliphatic carbocycles. The van der Waals surface area contributed by atoms with Crippen LogP contribution in [0.5, 0.6) is 0 Å². The van der Waals surface area contributed by atoms with Crippen LogP contribution in [0.1, 0.15) is 5.56 Å². The topological polar surface area (TPSA) is 96.7 Å². The first-order chi connectivity index (χ1) is 11.1. The van der Waals surface area contributed by atoms with Crippen molar-refractivity contribution in [3.05, 3.63) is 56.8 Å². The summed E-state index contributed by atoms with van der Waals surface area (Å²) in [5.41, 5.74) is 1.53. The molecule has 3 aromatic rings. The van der Waals surface area contributed by atoms with Crippen LogP contribution in [0.15, 0.2) is 39.8 Å². The fourth-order valence-electron chi connectivity index (χ4n) is 1.96. The van der Waals surface area contributed by atoms with Gasteiger partial charge in [0.25, 0.3) is 5.89 Å². The SMILES string of the molecule is O=c1[nH]nc(-c2cnc(NCCc3cc(Cl)cc(Cl)c3)nc2)o1. The summed E-state index contributed by atoms with van der Waals surface area (Å²) in [5.74, 6) is -0.0164. The molecule has 0 radical (unpaired) electrons. The Balaban J connectivity index is 1.59. The third-order valence-electron chi connectivity index (χ3n) is 2.96. The fourth-order valence-corrected chi connectivity index (χ4v) is 2.53. The van der Waals surface area contributed by atoms with Crippen molar-refractivity contribution < 1.29 is 4.42 Å². The normalized spacial score (nSPS) is 10.7. The number of aromatic nitrogens is 4. The molecule has 0 aliphatic heterocycles. The van der Waals surface area contributed by atoms with Gasteiger partial charge < -0.3 is 9.73 Å². The van der Waals surface area contributed by atoms with E-state index in [2.05, 4.69) is 25.5 Å². The van der Waals surface area contributed by atoms with Gasteiger partial charge in [0.2, 0.25) is 5.95 Å². The number of aromatic amines is 1. The molecule has 0 spiro atoms. The van der Waals surface area contributed by atoms with Crippen LogP contribution < -0.4 is 11.1 Å². The molecule has 0 saturated heterocycles. The summed E-state index contributed by atoms with van der Waals surface area (Å²) in [7, 11) is 0. The van der Waals surface area contributed by atoms with Crippen molar-refractivity contribution in [1.29, 1.82) is 0 Å². The Hall–Kier alpha value is -2.38. The van der Waals surface area contributed by atoms with E-state index in [1.807, 2.05) is 12.1 Å². The lowest BCUT2D eigenvalue weighted by Gasteiger charge is -2.06. The van der Waals surface area contributed by atoms with Crippen molar-refractivity contribution in [2.24, 2.45) is 0 Å². The molecule has 2 aromatic heterocycles. The van der Waals surface area contributed by atoms with E-state index in [-0.39, 0.29) is 5.89 Å². The Kier molecular flexibility index (Phi) is 4.59. The van der Waals surface area contributed by atoms with E-state index in [1.165, 1.54) is 12.4 Å². The summed E-state index contributed by atoms with van der Waals surface area (Å²) in [6, 6.07) is 5.41. The van der Waals surface area contributed by atoms with E-state index in [1.54, 1.807) is 6.07 Å². The summed E-state index contributed by atoms with van der Waals surface area (Å²) in [6.45, 7) is 0.619. The molecule has 0 unspecified atom stereocenters. The number of nitrogens with one attached hydrogen (secondary N) is 2. The van der Waals surface area contributed by atoms with E-state index in [4.69, 9.17) is 27.6 Å². The maximum Gasteiger partial charge on any atom is 0.434 e. The van der Waals surface area contributed by atoms with Crippen LogP contribution >= 0.6 is 23.2 Å². The molecule has 3 rings (SSSR count). The maximum atomic E-state index is 10.9.